The summed E-state index contributed by atoms with van der Waals surface area (Å²) in [4.78, 5) is 27.2. The van der Waals surface area contributed by atoms with Crippen molar-refractivity contribution in [1.29, 1.82) is 0 Å². The largest absolute Gasteiger partial charge is 0.445 e. The summed E-state index contributed by atoms with van der Waals surface area (Å²) in [6.07, 6.45) is -0.338. The Balaban J connectivity index is 1.61. The molecule has 0 radical (unpaired) electrons. The Morgan fingerprint density at radius 2 is 1.25 bits per heavy atom. The average molecular weight is 431 g/mol. The second kappa shape index (κ2) is 11.7. The van der Waals surface area contributed by atoms with Gasteiger partial charge in [-0.05, 0) is 30.5 Å². The van der Waals surface area contributed by atoms with Crippen molar-refractivity contribution < 1.29 is 14.3 Å². The molecule has 0 aliphatic heterocycles. The lowest BCUT2D eigenvalue weighted by atomic mass is 10.0. The maximum atomic E-state index is 13.3. The van der Waals surface area contributed by atoms with Crippen LogP contribution in [0.1, 0.15) is 49.0 Å². The molecule has 3 aromatic rings. The molecule has 0 saturated carbocycles. The van der Waals surface area contributed by atoms with E-state index in [2.05, 4.69) is 5.32 Å². The molecule has 2 amide bonds. The van der Waals surface area contributed by atoms with E-state index in [1.807, 2.05) is 110 Å². The first-order chi connectivity index (χ1) is 15.6. The van der Waals surface area contributed by atoms with Crippen LogP contribution in [0, 0.1) is 0 Å². The van der Waals surface area contributed by atoms with Crippen molar-refractivity contribution in [2.75, 3.05) is 6.54 Å². The van der Waals surface area contributed by atoms with Crippen LogP contribution in [0.2, 0.25) is 0 Å². The molecule has 0 aromatic heterocycles. The molecule has 32 heavy (non-hydrogen) atoms. The number of rotatable bonds is 9. The second-order valence-electron chi connectivity index (χ2n) is 7.71. The normalized spacial score (nSPS) is 12.4. The third-order valence-electron chi connectivity index (χ3n) is 5.51. The molecule has 0 aliphatic rings. The van der Waals surface area contributed by atoms with Gasteiger partial charge in [0.2, 0.25) is 5.91 Å². The summed E-state index contributed by atoms with van der Waals surface area (Å²) < 4.78 is 5.23. The van der Waals surface area contributed by atoms with Gasteiger partial charge < -0.3 is 15.0 Å². The molecule has 0 saturated heterocycles. The summed E-state index contributed by atoms with van der Waals surface area (Å²) in [7, 11) is 0. The van der Waals surface area contributed by atoms with Gasteiger partial charge in [0, 0.05) is 13.0 Å². The van der Waals surface area contributed by atoms with Gasteiger partial charge in [-0.25, -0.2) is 4.79 Å². The molecular formula is C27H30N2O3. The van der Waals surface area contributed by atoms with Crippen LogP contribution in [0.25, 0.3) is 0 Å². The molecule has 2 atom stereocenters. The monoisotopic (exact) mass is 430 g/mol. The van der Waals surface area contributed by atoms with E-state index in [4.69, 9.17) is 4.74 Å². The minimum absolute atomic E-state index is 0.0268. The van der Waals surface area contributed by atoms with E-state index in [9.17, 15) is 9.59 Å². The third kappa shape index (κ3) is 6.45. The molecule has 166 valence electrons. The highest BCUT2D eigenvalue weighted by Gasteiger charge is 2.27. The minimum Gasteiger partial charge on any atom is -0.445 e. The first kappa shape index (κ1) is 23.1. The fourth-order valence-electron chi connectivity index (χ4n) is 3.73. The zero-order valence-corrected chi connectivity index (χ0v) is 18.6. The highest BCUT2D eigenvalue weighted by molar-refractivity contribution is 5.78. The van der Waals surface area contributed by atoms with Gasteiger partial charge in [0.1, 0.15) is 6.61 Å². The number of benzene rings is 3. The Morgan fingerprint density at radius 1 is 0.781 bits per heavy atom. The van der Waals surface area contributed by atoms with Crippen molar-refractivity contribution >= 4 is 12.0 Å². The number of nitrogens with zero attached hydrogens (tertiary/aromatic N) is 1. The smallest absolute Gasteiger partial charge is 0.407 e. The van der Waals surface area contributed by atoms with E-state index >= 15 is 0 Å². The number of ether oxygens (including phenoxy) is 1. The van der Waals surface area contributed by atoms with Crippen LogP contribution >= 0.6 is 0 Å². The van der Waals surface area contributed by atoms with Crippen molar-refractivity contribution in [1.82, 2.24) is 10.2 Å². The summed E-state index contributed by atoms with van der Waals surface area (Å²) in [5, 5.41) is 2.69. The van der Waals surface area contributed by atoms with Crippen molar-refractivity contribution in [3.63, 3.8) is 0 Å². The van der Waals surface area contributed by atoms with Crippen LogP contribution in [-0.2, 0) is 16.1 Å². The number of carbonyl (C=O) groups is 2. The average Bonchev–Trinajstić information content (AvgIpc) is 2.84. The van der Waals surface area contributed by atoms with Gasteiger partial charge in [0.15, 0.2) is 0 Å². The SMILES string of the molecule is C[C@H](c1ccccc1)N(C(=O)CCNC(=O)OCc1ccccc1)[C@H](C)c1ccccc1. The third-order valence-corrected chi connectivity index (χ3v) is 5.51. The molecule has 0 aliphatic carbocycles. The standard InChI is InChI=1S/C27H30N2O3/c1-21(24-14-8-4-9-15-24)29(22(2)25-16-10-5-11-17-25)26(30)18-19-28-27(31)32-20-23-12-6-3-7-13-23/h3-17,21-22H,18-20H2,1-2H3,(H,28,31)/t21-,22-/m1/s1. The molecule has 3 aromatic carbocycles. The number of hydrogen-bond donors (Lipinski definition) is 1. The molecule has 5 nitrogen and oxygen atoms in total. The molecule has 3 rings (SSSR count). The number of alkyl carbamates (subject to hydrolysis) is 1. The highest BCUT2D eigenvalue weighted by Crippen LogP contribution is 2.31. The molecule has 5 heteroatoms. The van der Waals surface area contributed by atoms with Crippen LogP contribution < -0.4 is 5.32 Å². The maximum Gasteiger partial charge on any atom is 0.407 e. The molecule has 0 fully saturated rings. The number of amides is 2. The van der Waals surface area contributed by atoms with E-state index in [-0.39, 0.29) is 37.6 Å². The summed E-state index contributed by atoms with van der Waals surface area (Å²) >= 11 is 0. The quantitative estimate of drug-likeness (QED) is 0.477. The van der Waals surface area contributed by atoms with Crippen molar-refractivity contribution in [2.45, 2.75) is 39.0 Å². The van der Waals surface area contributed by atoms with E-state index < -0.39 is 6.09 Å². The summed E-state index contributed by atoms with van der Waals surface area (Å²) in [5.74, 6) is -0.0268. The van der Waals surface area contributed by atoms with E-state index in [0.717, 1.165) is 16.7 Å². The van der Waals surface area contributed by atoms with Gasteiger partial charge >= 0.3 is 6.09 Å². The fourth-order valence-corrected chi connectivity index (χ4v) is 3.73. The molecular weight excluding hydrogens is 400 g/mol. The fraction of sp³-hybridized carbons (Fsp3) is 0.259. The van der Waals surface area contributed by atoms with Gasteiger partial charge in [-0.1, -0.05) is 91.0 Å². The Kier molecular flexibility index (Phi) is 8.44. The highest BCUT2D eigenvalue weighted by atomic mass is 16.5. The molecule has 1 N–H and O–H groups in total. The first-order valence-electron chi connectivity index (χ1n) is 10.9. The Labute approximate surface area is 190 Å². The Hall–Kier alpha value is -3.60. The lowest BCUT2D eigenvalue weighted by Gasteiger charge is -2.35. The summed E-state index contributed by atoms with van der Waals surface area (Å²) in [5.41, 5.74) is 3.05. The topological polar surface area (TPSA) is 58.6 Å². The number of nitrogens with one attached hydrogen (secondary N) is 1. The maximum absolute atomic E-state index is 13.3. The van der Waals surface area contributed by atoms with Gasteiger partial charge in [-0.15, -0.1) is 0 Å². The zero-order chi connectivity index (χ0) is 22.8. The zero-order valence-electron chi connectivity index (χ0n) is 18.6. The molecule has 0 unspecified atom stereocenters. The van der Waals surface area contributed by atoms with Crippen LogP contribution in [0.15, 0.2) is 91.0 Å². The van der Waals surface area contributed by atoms with Gasteiger partial charge in [-0.2, -0.15) is 0 Å². The predicted octanol–water partition coefficient (Wildman–Crippen LogP) is 5.65. The van der Waals surface area contributed by atoms with Gasteiger partial charge in [0.05, 0.1) is 12.1 Å². The molecule has 0 spiro atoms. The van der Waals surface area contributed by atoms with Gasteiger partial charge in [0.25, 0.3) is 0 Å². The van der Waals surface area contributed by atoms with E-state index in [0.29, 0.717) is 0 Å². The molecule has 0 bridgehead atoms. The number of hydrogen-bond acceptors (Lipinski definition) is 3. The van der Waals surface area contributed by atoms with Crippen LogP contribution in [0.5, 0.6) is 0 Å². The van der Waals surface area contributed by atoms with Crippen molar-refractivity contribution in [2.24, 2.45) is 0 Å². The van der Waals surface area contributed by atoms with Crippen LogP contribution in [-0.4, -0.2) is 23.4 Å². The Bertz CT molecular complexity index is 932. The second-order valence-corrected chi connectivity index (χ2v) is 7.71. The van der Waals surface area contributed by atoms with E-state index in [1.54, 1.807) is 0 Å². The number of carbonyl (C=O) groups excluding carboxylic acids is 2. The van der Waals surface area contributed by atoms with Crippen LogP contribution in [0.4, 0.5) is 4.79 Å². The lowest BCUT2D eigenvalue weighted by Crippen LogP contribution is -2.38. The predicted molar refractivity (Wildman–Crippen MR) is 126 cm³/mol. The van der Waals surface area contributed by atoms with E-state index in [1.165, 1.54) is 0 Å². The minimum atomic E-state index is -0.527. The van der Waals surface area contributed by atoms with Crippen molar-refractivity contribution in [3.05, 3.63) is 108 Å². The first-order valence-corrected chi connectivity index (χ1v) is 10.9. The summed E-state index contributed by atoms with van der Waals surface area (Å²) in [6.45, 7) is 4.48. The van der Waals surface area contributed by atoms with Gasteiger partial charge in [-0.3, -0.25) is 4.79 Å². The Morgan fingerprint density at radius 3 is 1.75 bits per heavy atom. The summed E-state index contributed by atoms with van der Waals surface area (Å²) in [6, 6.07) is 29.2. The van der Waals surface area contributed by atoms with Crippen molar-refractivity contribution in [3.8, 4) is 0 Å². The molecule has 0 heterocycles. The lowest BCUT2D eigenvalue weighted by molar-refractivity contribution is -0.135. The van der Waals surface area contributed by atoms with Crippen LogP contribution in [0.3, 0.4) is 0 Å².